The van der Waals surface area contributed by atoms with Crippen molar-refractivity contribution in [2.24, 2.45) is 12.1 Å². The number of likely N-dealkylation sites (N-methyl/N-ethyl adjacent to an activating group) is 1. The van der Waals surface area contributed by atoms with Crippen molar-refractivity contribution in [3.63, 3.8) is 0 Å². The van der Waals surface area contributed by atoms with Gasteiger partial charge >= 0.3 is 6.18 Å². The third-order valence-electron chi connectivity index (χ3n) is 6.68. The molecule has 3 aromatic rings. The van der Waals surface area contributed by atoms with Gasteiger partial charge in [-0.2, -0.15) is 23.4 Å². The fourth-order valence-electron chi connectivity index (χ4n) is 4.80. The molecule has 0 saturated heterocycles. The van der Waals surface area contributed by atoms with E-state index in [1.165, 1.54) is 7.05 Å². The van der Waals surface area contributed by atoms with E-state index in [1.54, 1.807) is 10.9 Å². The quantitative estimate of drug-likeness (QED) is 0.529. The van der Waals surface area contributed by atoms with E-state index in [4.69, 9.17) is 9.84 Å². The Morgan fingerprint density at radius 1 is 1.16 bits per heavy atom. The van der Waals surface area contributed by atoms with Gasteiger partial charge in [-0.1, -0.05) is 0 Å². The van der Waals surface area contributed by atoms with Gasteiger partial charge in [0, 0.05) is 50.0 Å². The summed E-state index contributed by atoms with van der Waals surface area (Å²) in [5.41, 5.74) is 1.55. The Labute approximate surface area is 211 Å². The highest BCUT2D eigenvalue weighted by atomic mass is 19.4. The van der Waals surface area contributed by atoms with Gasteiger partial charge in [0.2, 0.25) is 5.90 Å². The summed E-state index contributed by atoms with van der Waals surface area (Å²) in [6, 6.07) is 2.02. The van der Waals surface area contributed by atoms with Crippen LogP contribution in [0.1, 0.15) is 38.6 Å². The van der Waals surface area contributed by atoms with E-state index in [0.29, 0.717) is 25.7 Å². The number of anilines is 1. The topological polar surface area (TPSA) is 106 Å². The molecule has 5 rings (SSSR count). The van der Waals surface area contributed by atoms with Crippen molar-refractivity contribution in [3.8, 4) is 11.3 Å². The zero-order valence-electron chi connectivity index (χ0n) is 20.8. The number of hydrogen-bond donors (Lipinski definition) is 2. The molecule has 37 heavy (non-hydrogen) atoms. The Morgan fingerprint density at radius 2 is 1.92 bits per heavy atom. The van der Waals surface area contributed by atoms with E-state index in [1.807, 2.05) is 37.1 Å². The van der Waals surface area contributed by atoms with E-state index in [-0.39, 0.29) is 6.04 Å². The van der Waals surface area contributed by atoms with E-state index < -0.39 is 30.0 Å². The molecule has 2 aliphatic rings. The Morgan fingerprint density at radius 3 is 2.57 bits per heavy atom. The van der Waals surface area contributed by atoms with Crippen molar-refractivity contribution in [1.82, 2.24) is 29.6 Å². The van der Waals surface area contributed by atoms with Crippen LogP contribution < -0.4 is 5.32 Å². The Kier molecular flexibility index (Phi) is 6.56. The van der Waals surface area contributed by atoms with Gasteiger partial charge in [0.05, 0.1) is 17.8 Å². The smallest absolute Gasteiger partial charge is 0.421 e. The number of alkyl halides is 3. The number of pyridine rings is 1. The second-order valence-corrected chi connectivity index (χ2v) is 9.33. The van der Waals surface area contributed by atoms with E-state index in [2.05, 4.69) is 20.5 Å². The zero-order chi connectivity index (χ0) is 26.3. The maximum atomic E-state index is 13.5. The van der Waals surface area contributed by atoms with Crippen LogP contribution in [0.3, 0.4) is 0 Å². The average molecular weight is 519 g/mol. The molecule has 13 heteroatoms. The van der Waals surface area contributed by atoms with Crippen molar-refractivity contribution < 1.29 is 23.0 Å². The molecule has 0 bridgehead atoms. The monoisotopic (exact) mass is 518 g/mol. The fourth-order valence-corrected chi connectivity index (χ4v) is 4.80. The number of aromatic nitrogens is 5. The number of hydrazone groups is 1. The summed E-state index contributed by atoms with van der Waals surface area (Å²) in [6.45, 7) is 2.73. The standard InChI is InChI=1S/C24H29F3N8O2/c1-4-28-20-10-19-17(12-29-20)22(14-11-30-33(2)13-14)31-35(19)15-5-7-16(8-6-15)37-23-18(24(25,26)27)9-21(36)34(3)32-23/h9-13,15-16,21,36H,4-8H2,1-3H3,(H,28,29)/t15-,16+,21?. The second-order valence-electron chi connectivity index (χ2n) is 9.33. The summed E-state index contributed by atoms with van der Waals surface area (Å²) in [4.78, 5) is 4.52. The van der Waals surface area contributed by atoms with Gasteiger partial charge in [-0.25, -0.2) is 4.98 Å². The van der Waals surface area contributed by atoms with E-state index in [9.17, 15) is 18.3 Å². The van der Waals surface area contributed by atoms with Crippen molar-refractivity contribution in [2.45, 2.75) is 57.2 Å². The van der Waals surface area contributed by atoms with Crippen molar-refractivity contribution >= 4 is 22.6 Å². The first-order valence-corrected chi connectivity index (χ1v) is 12.2. The van der Waals surface area contributed by atoms with E-state index >= 15 is 0 Å². The number of halogens is 3. The number of nitrogens with one attached hydrogen (secondary N) is 1. The fraction of sp³-hybridized carbons (Fsp3) is 0.500. The third kappa shape index (κ3) is 4.99. The first kappa shape index (κ1) is 25.1. The van der Waals surface area contributed by atoms with Crippen LogP contribution in [0.5, 0.6) is 0 Å². The minimum Gasteiger partial charge on any atom is -0.473 e. The summed E-state index contributed by atoms with van der Waals surface area (Å²) in [5, 5.41) is 28.0. The van der Waals surface area contributed by atoms with Crippen molar-refractivity contribution in [3.05, 3.63) is 36.3 Å². The normalized spacial score (nSPS) is 22.7. The summed E-state index contributed by atoms with van der Waals surface area (Å²) in [6.07, 6.45) is 2.06. The van der Waals surface area contributed by atoms with Gasteiger partial charge in [-0.05, 0) is 38.7 Å². The molecule has 0 spiro atoms. The van der Waals surface area contributed by atoms with Gasteiger partial charge in [-0.3, -0.25) is 14.4 Å². The number of ether oxygens (including phenoxy) is 1. The summed E-state index contributed by atoms with van der Waals surface area (Å²) < 4.78 is 50.0. The van der Waals surface area contributed by atoms with Gasteiger partial charge < -0.3 is 15.2 Å². The maximum absolute atomic E-state index is 13.5. The molecule has 1 unspecified atom stereocenters. The van der Waals surface area contributed by atoms with Crippen LogP contribution in [-0.2, 0) is 11.8 Å². The molecule has 1 atom stereocenters. The molecule has 0 radical (unpaired) electrons. The molecule has 0 amide bonds. The van der Waals surface area contributed by atoms with Crippen LogP contribution in [-0.4, -0.2) is 72.7 Å². The molecule has 10 nitrogen and oxygen atoms in total. The Hall–Kier alpha value is -3.61. The molecule has 1 saturated carbocycles. The minimum atomic E-state index is -4.67. The molecule has 2 N–H and O–H groups in total. The van der Waals surface area contributed by atoms with Gasteiger partial charge in [0.1, 0.15) is 23.2 Å². The predicted octanol–water partition coefficient (Wildman–Crippen LogP) is 3.83. The van der Waals surface area contributed by atoms with Crippen molar-refractivity contribution in [1.29, 1.82) is 0 Å². The summed E-state index contributed by atoms with van der Waals surface area (Å²) in [5.74, 6) is 0.243. The lowest BCUT2D eigenvalue weighted by Gasteiger charge is -2.32. The molecule has 1 aliphatic carbocycles. The lowest BCUT2D eigenvalue weighted by Crippen LogP contribution is -2.38. The largest absolute Gasteiger partial charge is 0.473 e. The Bertz CT molecular complexity index is 1340. The molecule has 4 heterocycles. The molecular weight excluding hydrogens is 489 g/mol. The number of aliphatic hydroxyl groups is 1. The average Bonchev–Trinajstić information content (AvgIpc) is 3.44. The van der Waals surface area contributed by atoms with Gasteiger partial charge in [-0.15, -0.1) is 5.10 Å². The number of aryl methyl sites for hydroxylation is 1. The first-order chi connectivity index (χ1) is 17.6. The second kappa shape index (κ2) is 9.69. The first-order valence-electron chi connectivity index (χ1n) is 12.2. The maximum Gasteiger partial charge on any atom is 0.421 e. The van der Waals surface area contributed by atoms with Crippen LogP contribution >= 0.6 is 0 Å². The molecule has 3 aromatic heterocycles. The highest BCUT2D eigenvalue weighted by Gasteiger charge is 2.42. The SMILES string of the molecule is CCNc1cc2c(cn1)c(-c1cnn(C)c1)nn2[C@H]1CC[C@@H](OC2=NN(C)C(O)C=C2C(F)(F)F)CC1. The highest BCUT2D eigenvalue weighted by Crippen LogP contribution is 2.37. The number of nitrogens with zero attached hydrogens (tertiary/aromatic N) is 7. The van der Waals surface area contributed by atoms with Crippen LogP contribution in [0.2, 0.25) is 0 Å². The lowest BCUT2D eigenvalue weighted by molar-refractivity contribution is -0.0922. The molecule has 198 valence electrons. The molecule has 1 aliphatic heterocycles. The number of fused-ring (bicyclic) bond motifs is 1. The Balaban J connectivity index is 1.37. The van der Waals surface area contributed by atoms with Crippen molar-refractivity contribution in [2.75, 3.05) is 18.9 Å². The van der Waals surface area contributed by atoms with Gasteiger partial charge in [0.25, 0.3) is 0 Å². The van der Waals surface area contributed by atoms with Crippen LogP contribution in [0, 0.1) is 0 Å². The molecule has 0 aromatic carbocycles. The number of aliphatic hydroxyl groups excluding tert-OH is 1. The predicted molar refractivity (Wildman–Crippen MR) is 132 cm³/mol. The number of rotatable bonds is 5. The van der Waals surface area contributed by atoms with Crippen LogP contribution in [0.4, 0.5) is 19.0 Å². The molecular formula is C24H29F3N8O2. The highest BCUT2D eigenvalue weighted by molar-refractivity contribution is 5.95. The minimum absolute atomic E-state index is 0.0417. The zero-order valence-corrected chi connectivity index (χ0v) is 20.8. The third-order valence-corrected chi connectivity index (χ3v) is 6.68. The van der Waals surface area contributed by atoms with Crippen LogP contribution in [0.15, 0.2) is 41.4 Å². The number of hydrogen-bond acceptors (Lipinski definition) is 8. The summed E-state index contributed by atoms with van der Waals surface area (Å²) in [7, 11) is 3.24. The van der Waals surface area contributed by atoms with Gasteiger partial charge in [0.15, 0.2) is 6.23 Å². The van der Waals surface area contributed by atoms with E-state index in [0.717, 1.165) is 45.6 Å². The lowest BCUT2D eigenvalue weighted by atomic mass is 9.93. The summed E-state index contributed by atoms with van der Waals surface area (Å²) >= 11 is 0. The van der Waals surface area contributed by atoms with Crippen LogP contribution in [0.25, 0.3) is 22.2 Å². The molecule has 1 fully saturated rings.